The van der Waals surface area contributed by atoms with E-state index >= 15 is 0 Å². The summed E-state index contributed by atoms with van der Waals surface area (Å²) in [5.41, 5.74) is 7.37. The zero-order chi connectivity index (χ0) is 12.1. The molecule has 0 amide bonds. The van der Waals surface area contributed by atoms with E-state index in [-0.39, 0.29) is 0 Å². The largest absolute Gasteiger partial charge is 0.399 e. The van der Waals surface area contributed by atoms with Crippen LogP contribution in [0, 0.1) is 0 Å². The van der Waals surface area contributed by atoms with Crippen molar-refractivity contribution in [1.82, 2.24) is 4.90 Å². The fourth-order valence-corrected chi connectivity index (χ4v) is 2.44. The molecule has 1 atom stereocenters. The standard InChI is InChI=1S/C14H22N2O/c15-13-7-5-6-12(10-13)14(17)11-16-8-3-1-2-4-9-16/h5-7,10,14,17H,1-4,8-9,11,15H2. The van der Waals surface area contributed by atoms with Crippen LogP contribution >= 0.6 is 0 Å². The maximum absolute atomic E-state index is 10.2. The Balaban J connectivity index is 1.93. The summed E-state index contributed by atoms with van der Waals surface area (Å²) in [7, 11) is 0. The first-order valence-electron chi connectivity index (χ1n) is 6.51. The zero-order valence-electron chi connectivity index (χ0n) is 10.3. The minimum Gasteiger partial charge on any atom is -0.399 e. The molecule has 1 fully saturated rings. The number of aliphatic hydroxyl groups is 1. The van der Waals surface area contributed by atoms with Crippen LogP contribution in [-0.2, 0) is 0 Å². The van der Waals surface area contributed by atoms with Crippen LogP contribution in [0.25, 0.3) is 0 Å². The van der Waals surface area contributed by atoms with Gasteiger partial charge in [-0.25, -0.2) is 0 Å². The first kappa shape index (κ1) is 12.4. The van der Waals surface area contributed by atoms with Crippen LogP contribution in [0.4, 0.5) is 5.69 Å². The van der Waals surface area contributed by atoms with Gasteiger partial charge in [0.1, 0.15) is 0 Å². The summed E-state index contributed by atoms with van der Waals surface area (Å²) in [6.07, 6.45) is 4.74. The van der Waals surface area contributed by atoms with Gasteiger partial charge in [-0.05, 0) is 43.6 Å². The lowest BCUT2D eigenvalue weighted by molar-refractivity contribution is 0.115. The fraction of sp³-hybridized carbons (Fsp3) is 0.571. The molecule has 0 saturated carbocycles. The molecule has 1 heterocycles. The molecule has 1 unspecified atom stereocenters. The van der Waals surface area contributed by atoms with Gasteiger partial charge in [-0.2, -0.15) is 0 Å². The van der Waals surface area contributed by atoms with E-state index in [1.807, 2.05) is 24.3 Å². The Hall–Kier alpha value is -1.06. The zero-order valence-corrected chi connectivity index (χ0v) is 10.3. The second-order valence-electron chi connectivity index (χ2n) is 4.90. The third kappa shape index (κ3) is 3.72. The van der Waals surface area contributed by atoms with E-state index in [0.717, 1.165) is 30.9 Å². The number of likely N-dealkylation sites (tertiary alicyclic amines) is 1. The summed E-state index contributed by atoms with van der Waals surface area (Å²) >= 11 is 0. The highest BCUT2D eigenvalue weighted by molar-refractivity contribution is 5.41. The first-order chi connectivity index (χ1) is 8.25. The van der Waals surface area contributed by atoms with Gasteiger partial charge in [0.25, 0.3) is 0 Å². The highest BCUT2D eigenvalue weighted by atomic mass is 16.3. The molecule has 0 spiro atoms. The quantitative estimate of drug-likeness (QED) is 0.788. The first-order valence-corrected chi connectivity index (χ1v) is 6.51. The smallest absolute Gasteiger partial charge is 0.0917 e. The van der Waals surface area contributed by atoms with Crippen LogP contribution in [0.1, 0.15) is 37.4 Å². The van der Waals surface area contributed by atoms with Gasteiger partial charge in [0, 0.05) is 12.2 Å². The average Bonchev–Trinajstić information content (AvgIpc) is 2.57. The molecule has 0 aliphatic carbocycles. The monoisotopic (exact) mass is 234 g/mol. The van der Waals surface area contributed by atoms with Gasteiger partial charge in [-0.1, -0.05) is 25.0 Å². The fourth-order valence-electron chi connectivity index (χ4n) is 2.44. The van der Waals surface area contributed by atoms with Crippen molar-refractivity contribution in [2.45, 2.75) is 31.8 Å². The number of anilines is 1. The van der Waals surface area contributed by atoms with Crippen LogP contribution in [0.2, 0.25) is 0 Å². The topological polar surface area (TPSA) is 49.5 Å². The predicted molar refractivity (Wildman–Crippen MR) is 70.7 cm³/mol. The normalized spacial score (nSPS) is 19.8. The molecule has 0 aromatic heterocycles. The number of nitrogens with two attached hydrogens (primary N) is 1. The number of nitrogens with zero attached hydrogens (tertiary/aromatic N) is 1. The number of benzene rings is 1. The number of hydrogen-bond acceptors (Lipinski definition) is 3. The van der Waals surface area contributed by atoms with Crippen molar-refractivity contribution in [2.75, 3.05) is 25.4 Å². The lowest BCUT2D eigenvalue weighted by Gasteiger charge is -2.23. The molecule has 1 aromatic carbocycles. The Kier molecular flexibility index (Phi) is 4.40. The summed E-state index contributed by atoms with van der Waals surface area (Å²) in [5, 5.41) is 10.2. The van der Waals surface area contributed by atoms with E-state index in [1.54, 1.807) is 0 Å². The number of β-amino-alcohol motifs (C(OH)–C–C–N with tert-alkyl or cyclic N) is 1. The molecule has 17 heavy (non-hydrogen) atoms. The van der Waals surface area contributed by atoms with E-state index in [1.165, 1.54) is 25.7 Å². The Labute approximate surface area is 103 Å². The van der Waals surface area contributed by atoms with E-state index in [2.05, 4.69) is 4.90 Å². The number of nitrogen functional groups attached to an aromatic ring is 1. The maximum atomic E-state index is 10.2. The minimum absolute atomic E-state index is 0.420. The average molecular weight is 234 g/mol. The Morgan fingerprint density at radius 3 is 2.53 bits per heavy atom. The second kappa shape index (κ2) is 6.03. The molecule has 1 aromatic rings. The van der Waals surface area contributed by atoms with E-state index < -0.39 is 6.10 Å². The van der Waals surface area contributed by atoms with Crippen molar-refractivity contribution in [3.8, 4) is 0 Å². The summed E-state index contributed by atoms with van der Waals surface area (Å²) in [5.74, 6) is 0. The van der Waals surface area contributed by atoms with Gasteiger partial charge >= 0.3 is 0 Å². The van der Waals surface area contributed by atoms with E-state index in [0.29, 0.717) is 0 Å². The molecule has 1 aliphatic rings. The lowest BCUT2D eigenvalue weighted by Crippen LogP contribution is -2.29. The van der Waals surface area contributed by atoms with Crippen LogP contribution in [-0.4, -0.2) is 29.6 Å². The van der Waals surface area contributed by atoms with E-state index in [4.69, 9.17) is 5.73 Å². The molecular formula is C14H22N2O. The minimum atomic E-state index is -0.420. The molecule has 3 heteroatoms. The van der Waals surface area contributed by atoms with Crippen molar-refractivity contribution < 1.29 is 5.11 Å². The highest BCUT2D eigenvalue weighted by Crippen LogP contribution is 2.18. The molecular weight excluding hydrogens is 212 g/mol. The molecule has 3 N–H and O–H groups in total. The van der Waals surface area contributed by atoms with Crippen LogP contribution < -0.4 is 5.73 Å². The third-order valence-corrected chi connectivity index (χ3v) is 3.43. The number of aliphatic hydroxyl groups excluding tert-OH is 1. The van der Waals surface area contributed by atoms with Gasteiger partial charge in [0.05, 0.1) is 6.10 Å². The highest BCUT2D eigenvalue weighted by Gasteiger charge is 2.15. The molecule has 3 nitrogen and oxygen atoms in total. The van der Waals surface area contributed by atoms with Crippen LogP contribution in [0.15, 0.2) is 24.3 Å². The maximum Gasteiger partial charge on any atom is 0.0917 e. The number of hydrogen-bond donors (Lipinski definition) is 2. The van der Waals surface area contributed by atoms with Crippen molar-refractivity contribution in [1.29, 1.82) is 0 Å². The van der Waals surface area contributed by atoms with Gasteiger partial charge in [0.2, 0.25) is 0 Å². The van der Waals surface area contributed by atoms with Crippen LogP contribution in [0.3, 0.4) is 0 Å². The van der Waals surface area contributed by atoms with Crippen molar-refractivity contribution >= 4 is 5.69 Å². The lowest BCUT2D eigenvalue weighted by atomic mass is 10.1. The summed E-state index contributed by atoms with van der Waals surface area (Å²) in [6, 6.07) is 7.56. The molecule has 1 saturated heterocycles. The third-order valence-electron chi connectivity index (χ3n) is 3.43. The summed E-state index contributed by atoms with van der Waals surface area (Å²) in [4.78, 5) is 2.36. The SMILES string of the molecule is Nc1cccc(C(O)CN2CCCCCC2)c1. The van der Waals surface area contributed by atoms with E-state index in [9.17, 15) is 5.11 Å². The molecule has 1 aliphatic heterocycles. The summed E-state index contributed by atoms with van der Waals surface area (Å²) in [6.45, 7) is 2.95. The molecule has 0 bridgehead atoms. The number of rotatable bonds is 3. The Bertz CT molecular complexity index is 346. The Morgan fingerprint density at radius 2 is 1.88 bits per heavy atom. The van der Waals surface area contributed by atoms with Crippen molar-refractivity contribution in [3.63, 3.8) is 0 Å². The second-order valence-corrected chi connectivity index (χ2v) is 4.90. The van der Waals surface area contributed by atoms with Gasteiger partial charge in [0.15, 0.2) is 0 Å². The molecule has 2 rings (SSSR count). The Morgan fingerprint density at radius 1 is 1.18 bits per heavy atom. The van der Waals surface area contributed by atoms with Crippen molar-refractivity contribution in [3.05, 3.63) is 29.8 Å². The summed E-state index contributed by atoms with van der Waals surface area (Å²) < 4.78 is 0. The van der Waals surface area contributed by atoms with Gasteiger partial charge < -0.3 is 15.7 Å². The van der Waals surface area contributed by atoms with Gasteiger partial charge in [-0.15, -0.1) is 0 Å². The predicted octanol–water partition coefficient (Wildman–Crippen LogP) is 2.18. The molecule has 94 valence electrons. The van der Waals surface area contributed by atoms with Crippen LogP contribution in [0.5, 0.6) is 0 Å². The molecule has 0 radical (unpaired) electrons. The van der Waals surface area contributed by atoms with Gasteiger partial charge in [-0.3, -0.25) is 0 Å². The van der Waals surface area contributed by atoms with Crippen molar-refractivity contribution in [2.24, 2.45) is 0 Å².